The zero-order chi connectivity index (χ0) is 18.7. The molecule has 2 heterocycles. The van der Waals surface area contributed by atoms with Gasteiger partial charge in [-0.3, -0.25) is 9.80 Å². The van der Waals surface area contributed by atoms with Gasteiger partial charge in [-0.15, -0.1) is 0 Å². The van der Waals surface area contributed by atoms with Gasteiger partial charge in [0.15, 0.2) is 0 Å². The van der Waals surface area contributed by atoms with Crippen LogP contribution < -0.4 is 0 Å². The number of hydrogen-bond donors (Lipinski definition) is 1. The van der Waals surface area contributed by atoms with Crippen LogP contribution in [-0.2, 0) is 12.1 Å². The van der Waals surface area contributed by atoms with Crippen molar-refractivity contribution in [3.63, 3.8) is 0 Å². The molecule has 2 aromatic rings. The topological polar surface area (TPSA) is 50.5 Å². The summed E-state index contributed by atoms with van der Waals surface area (Å²) >= 11 is 0. The average Bonchev–Trinajstić information content (AvgIpc) is 3.25. The summed E-state index contributed by atoms with van der Waals surface area (Å²) in [4.78, 5) is 4.93. The fourth-order valence-electron chi connectivity index (χ4n) is 4.60. The van der Waals surface area contributed by atoms with Gasteiger partial charge >= 0.3 is 0 Å². The Hall–Kier alpha value is -2.19. The van der Waals surface area contributed by atoms with E-state index in [9.17, 15) is 5.11 Å². The second-order valence-corrected chi connectivity index (χ2v) is 7.84. The Morgan fingerprint density at radius 1 is 1.00 bits per heavy atom. The SMILES string of the molecule is N#Cc1ccc(CN2CC[C@](O)(c3ccccc3)[C@H](N3CCCC3)C2)cc1. The fraction of sp³-hybridized carbons (Fsp3) is 0.435. The second-order valence-electron chi connectivity index (χ2n) is 7.84. The Morgan fingerprint density at radius 3 is 2.37 bits per heavy atom. The van der Waals surface area contributed by atoms with Gasteiger partial charge in [-0.25, -0.2) is 0 Å². The van der Waals surface area contributed by atoms with E-state index in [-0.39, 0.29) is 6.04 Å². The van der Waals surface area contributed by atoms with E-state index in [4.69, 9.17) is 5.26 Å². The van der Waals surface area contributed by atoms with Gasteiger partial charge in [0.1, 0.15) is 5.60 Å². The van der Waals surface area contributed by atoms with Gasteiger partial charge in [-0.1, -0.05) is 42.5 Å². The highest BCUT2D eigenvalue weighted by atomic mass is 16.3. The summed E-state index contributed by atoms with van der Waals surface area (Å²) in [6, 6.07) is 20.4. The molecule has 1 N–H and O–H groups in total. The molecule has 0 amide bonds. The molecule has 2 aromatic carbocycles. The lowest BCUT2D eigenvalue weighted by Crippen LogP contribution is -2.60. The summed E-state index contributed by atoms with van der Waals surface area (Å²) in [5.74, 6) is 0. The highest BCUT2D eigenvalue weighted by molar-refractivity contribution is 5.32. The summed E-state index contributed by atoms with van der Waals surface area (Å²) < 4.78 is 0. The van der Waals surface area contributed by atoms with E-state index in [0.29, 0.717) is 5.56 Å². The standard InChI is InChI=1S/C23H27N3O/c24-16-19-8-10-20(11-9-19)17-25-15-12-23(27,21-6-2-1-3-7-21)22(18-25)26-13-4-5-14-26/h1-3,6-11,22,27H,4-5,12-15,17-18H2/t22-,23+/m1/s1. The average molecular weight is 361 g/mol. The zero-order valence-electron chi connectivity index (χ0n) is 15.7. The Bertz CT molecular complexity index is 793. The second kappa shape index (κ2) is 7.82. The molecule has 2 aliphatic rings. The summed E-state index contributed by atoms with van der Waals surface area (Å²) in [7, 11) is 0. The van der Waals surface area contributed by atoms with E-state index < -0.39 is 5.60 Å². The molecule has 27 heavy (non-hydrogen) atoms. The van der Waals surface area contributed by atoms with Crippen LogP contribution in [0.1, 0.15) is 36.0 Å². The number of piperidine rings is 1. The van der Waals surface area contributed by atoms with Crippen LogP contribution in [-0.4, -0.2) is 47.1 Å². The lowest BCUT2D eigenvalue weighted by Gasteiger charge is -2.48. The summed E-state index contributed by atoms with van der Waals surface area (Å²) in [5.41, 5.74) is 2.18. The first-order valence-corrected chi connectivity index (χ1v) is 9.92. The molecule has 4 rings (SSSR count). The van der Waals surface area contributed by atoms with Crippen molar-refractivity contribution in [3.8, 4) is 6.07 Å². The first-order chi connectivity index (χ1) is 13.2. The highest BCUT2D eigenvalue weighted by Gasteiger charge is 2.46. The maximum absolute atomic E-state index is 11.7. The molecule has 0 unspecified atom stereocenters. The molecule has 0 radical (unpaired) electrons. The number of benzene rings is 2. The van der Waals surface area contributed by atoms with E-state index in [1.54, 1.807) is 0 Å². The minimum absolute atomic E-state index is 0.120. The largest absolute Gasteiger partial charge is 0.383 e. The van der Waals surface area contributed by atoms with Crippen LogP contribution in [0.25, 0.3) is 0 Å². The zero-order valence-corrected chi connectivity index (χ0v) is 15.7. The highest BCUT2D eigenvalue weighted by Crippen LogP contribution is 2.37. The van der Waals surface area contributed by atoms with Crippen LogP contribution >= 0.6 is 0 Å². The lowest BCUT2D eigenvalue weighted by atomic mass is 9.79. The molecule has 2 fully saturated rings. The molecule has 0 saturated carbocycles. The predicted octanol–water partition coefficient (Wildman–Crippen LogP) is 3.12. The number of likely N-dealkylation sites (tertiary alicyclic amines) is 2. The van der Waals surface area contributed by atoms with Crippen LogP contribution in [0.3, 0.4) is 0 Å². The van der Waals surface area contributed by atoms with Crippen molar-refractivity contribution in [3.05, 3.63) is 71.3 Å². The van der Waals surface area contributed by atoms with Crippen molar-refractivity contribution in [2.24, 2.45) is 0 Å². The molecular weight excluding hydrogens is 334 g/mol. The third-order valence-electron chi connectivity index (χ3n) is 6.14. The minimum Gasteiger partial charge on any atom is -0.383 e. The normalized spacial score (nSPS) is 26.7. The molecule has 4 heteroatoms. The molecule has 4 nitrogen and oxygen atoms in total. The maximum atomic E-state index is 11.7. The van der Waals surface area contributed by atoms with Gasteiger partial charge in [0.05, 0.1) is 17.7 Å². The van der Waals surface area contributed by atoms with Crippen molar-refractivity contribution in [1.29, 1.82) is 5.26 Å². The Balaban J connectivity index is 1.54. The van der Waals surface area contributed by atoms with E-state index in [1.807, 2.05) is 42.5 Å². The molecule has 2 atom stereocenters. The van der Waals surface area contributed by atoms with Crippen molar-refractivity contribution in [1.82, 2.24) is 9.80 Å². The Labute approximate surface area is 161 Å². The fourth-order valence-corrected chi connectivity index (χ4v) is 4.60. The smallest absolute Gasteiger partial charge is 0.108 e. The number of nitriles is 1. The lowest BCUT2D eigenvalue weighted by molar-refractivity contribution is -0.0959. The molecular formula is C23H27N3O. The van der Waals surface area contributed by atoms with Gasteiger partial charge in [-0.2, -0.15) is 5.26 Å². The van der Waals surface area contributed by atoms with Gasteiger partial charge in [-0.05, 0) is 55.6 Å². The Morgan fingerprint density at radius 2 is 1.70 bits per heavy atom. The van der Waals surface area contributed by atoms with Crippen LogP contribution in [0.4, 0.5) is 0 Å². The third kappa shape index (κ3) is 3.77. The van der Waals surface area contributed by atoms with Gasteiger partial charge in [0.2, 0.25) is 0 Å². The van der Waals surface area contributed by atoms with Gasteiger partial charge < -0.3 is 5.11 Å². The minimum atomic E-state index is -0.785. The quantitative estimate of drug-likeness (QED) is 0.909. The number of nitrogens with zero attached hydrogens (tertiary/aromatic N) is 3. The predicted molar refractivity (Wildman–Crippen MR) is 106 cm³/mol. The van der Waals surface area contributed by atoms with Crippen LogP contribution in [0, 0.1) is 11.3 Å². The van der Waals surface area contributed by atoms with Crippen molar-refractivity contribution >= 4 is 0 Å². The van der Waals surface area contributed by atoms with E-state index in [1.165, 1.54) is 18.4 Å². The van der Waals surface area contributed by atoms with E-state index in [2.05, 4.69) is 28.0 Å². The first-order valence-electron chi connectivity index (χ1n) is 9.92. The monoisotopic (exact) mass is 361 g/mol. The molecule has 0 aromatic heterocycles. The van der Waals surface area contributed by atoms with E-state index in [0.717, 1.165) is 44.7 Å². The van der Waals surface area contributed by atoms with Crippen LogP contribution in [0.2, 0.25) is 0 Å². The Kier molecular flexibility index (Phi) is 5.27. The molecule has 140 valence electrons. The van der Waals surface area contributed by atoms with Crippen molar-refractivity contribution in [2.45, 2.75) is 37.5 Å². The summed E-state index contributed by atoms with van der Waals surface area (Å²) in [5, 5.41) is 20.7. The molecule has 0 aliphatic carbocycles. The molecule has 2 aliphatic heterocycles. The summed E-state index contributed by atoms with van der Waals surface area (Å²) in [6.07, 6.45) is 3.18. The molecule has 2 saturated heterocycles. The number of aliphatic hydroxyl groups is 1. The number of hydrogen-bond acceptors (Lipinski definition) is 4. The van der Waals surface area contributed by atoms with Crippen LogP contribution in [0.5, 0.6) is 0 Å². The van der Waals surface area contributed by atoms with Crippen LogP contribution in [0.15, 0.2) is 54.6 Å². The summed E-state index contributed by atoms with van der Waals surface area (Å²) in [6.45, 7) is 4.75. The first kappa shape index (κ1) is 18.2. The number of rotatable bonds is 4. The van der Waals surface area contributed by atoms with E-state index >= 15 is 0 Å². The molecule has 0 bridgehead atoms. The third-order valence-corrected chi connectivity index (χ3v) is 6.14. The van der Waals surface area contributed by atoms with Gasteiger partial charge in [0, 0.05) is 19.6 Å². The van der Waals surface area contributed by atoms with Crippen molar-refractivity contribution in [2.75, 3.05) is 26.2 Å². The maximum Gasteiger partial charge on any atom is 0.108 e. The van der Waals surface area contributed by atoms with Crippen molar-refractivity contribution < 1.29 is 5.11 Å². The van der Waals surface area contributed by atoms with Gasteiger partial charge in [0.25, 0.3) is 0 Å². The molecule has 0 spiro atoms.